The number of rotatable bonds is 5. The molecule has 0 saturated carbocycles. The van der Waals surface area contributed by atoms with Gasteiger partial charge in [0.15, 0.2) is 0 Å². The molecule has 0 unspecified atom stereocenters. The number of nitrogens with one attached hydrogen (secondary N) is 2. The second kappa shape index (κ2) is 8.70. The normalized spacial score (nSPS) is 9.93. The van der Waals surface area contributed by atoms with Crippen LogP contribution < -0.4 is 10.6 Å². The van der Waals surface area contributed by atoms with E-state index in [0.717, 1.165) is 12.1 Å². The predicted molar refractivity (Wildman–Crippen MR) is 103 cm³/mol. The van der Waals surface area contributed by atoms with Crippen LogP contribution >= 0.6 is 27.5 Å². The first-order chi connectivity index (χ1) is 13.2. The van der Waals surface area contributed by atoms with E-state index in [9.17, 15) is 18.8 Å². The highest BCUT2D eigenvalue weighted by atomic mass is 79.9. The van der Waals surface area contributed by atoms with Crippen LogP contribution in [-0.4, -0.2) is 28.7 Å². The van der Waals surface area contributed by atoms with E-state index in [1.54, 1.807) is 6.07 Å². The number of nitriles is 1. The highest BCUT2D eigenvalue weighted by Crippen LogP contribution is 2.32. The van der Waals surface area contributed by atoms with Crippen molar-refractivity contribution in [3.05, 3.63) is 50.5 Å². The summed E-state index contributed by atoms with van der Waals surface area (Å²) < 4.78 is 14.8. The summed E-state index contributed by atoms with van der Waals surface area (Å²) in [5.74, 6) is -1.25. The number of benzene rings is 1. The zero-order valence-electron chi connectivity index (χ0n) is 14.3. The van der Waals surface area contributed by atoms with Crippen molar-refractivity contribution in [2.45, 2.75) is 0 Å². The van der Waals surface area contributed by atoms with Crippen LogP contribution in [0.2, 0.25) is 5.02 Å². The molecule has 0 aliphatic carbocycles. The van der Waals surface area contributed by atoms with Gasteiger partial charge in [-0.2, -0.15) is 5.26 Å². The second-order valence-corrected chi connectivity index (χ2v) is 6.49. The molecule has 28 heavy (non-hydrogen) atoms. The van der Waals surface area contributed by atoms with E-state index in [4.69, 9.17) is 23.3 Å². The standard InChI is InChI=1S/C18H11BrClFN4O3/c1-3-6-23-18(28)15(26)12-13(20)14(25(2)16(12)19)17(27)24-10-4-5-11(21)9(7-10)8-22/h1,4-5,7H,6H2,2H3,(H,23,28)(H,24,27). The minimum absolute atomic E-state index is 0.111. The van der Waals surface area contributed by atoms with Crippen molar-refractivity contribution in [2.75, 3.05) is 11.9 Å². The lowest BCUT2D eigenvalue weighted by molar-refractivity contribution is -0.116. The Morgan fingerprint density at radius 2 is 2.07 bits per heavy atom. The Balaban J connectivity index is 2.38. The van der Waals surface area contributed by atoms with Gasteiger partial charge < -0.3 is 15.2 Å². The van der Waals surface area contributed by atoms with Gasteiger partial charge in [-0.15, -0.1) is 6.42 Å². The first-order valence-corrected chi connectivity index (χ1v) is 8.70. The Bertz CT molecular complexity index is 1080. The number of nitrogens with zero attached hydrogens (tertiary/aromatic N) is 2. The summed E-state index contributed by atoms with van der Waals surface area (Å²) in [7, 11) is 1.45. The number of Topliss-reactive ketones (excluding diaryl/α,β-unsaturated/α-hetero) is 1. The molecule has 0 fully saturated rings. The lowest BCUT2D eigenvalue weighted by Crippen LogP contribution is -2.31. The van der Waals surface area contributed by atoms with Crippen molar-refractivity contribution in [3.8, 4) is 18.4 Å². The molecule has 0 aliphatic heterocycles. The number of carbonyl (C=O) groups is 3. The number of anilines is 1. The minimum Gasteiger partial charge on any atom is -0.338 e. The Morgan fingerprint density at radius 3 is 2.68 bits per heavy atom. The Hall–Kier alpha value is -3.14. The van der Waals surface area contributed by atoms with E-state index in [2.05, 4.69) is 32.5 Å². The molecule has 2 rings (SSSR count). The molecule has 142 valence electrons. The summed E-state index contributed by atoms with van der Waals surface area (Å²) in [6.07, 6.45) is 5.03. The monoisotopic (exact) mass is 464 g/mol. The highest BCUT2D eigenvalue weighted by molar-refractivity contribution is 9.10. The average molecular weight is 466 g/mol. The van der Waals surface area contributed by atoms with Gasteiger partial charge in [0.1, 0.15) is 17.6 Å². The van der Waals surface area contributed by atoms with E-state index >= 15 is 0 Å². The zero-order chi connectivity index (χ0) is 21.0. The topological polar surface area (TPSA) is 104 Å². The molecular formula is C18H11BrClFN4O3. The Morgan fingerprint density at radius 1 is 1.39 bits per heavy atom. The Labute approximate surface area is 172 Å². The van der Waals surface area contributed by atoms with Crippen LogP contribution in [0.4, 0.5) is 10.1 Å². The number of hydrogen-bond acceptors (Lipinski definition) is 4. The van der Waals surface area contributed by atoms with Gasteiger partial charge in [-0.05, 0) is 34.1 Å². The molecule has 1 aromatic carbocycles. The maximum atomic E-state index is 13.4. The number of amides is 2. The molecule has 0 aliphatic rings. The fraction of sp³-hybridized carbons (Fsp3) is 0.111. The minimum atomic E-state index is -0.977. The van der Waals surface area contributed by atoms with E-state index < -0.39 is 23.4 Å². The fourth-order valence-electron chi connectivity index (χ4n) is 2.27. The van der Waals surface area contributed by atoms with Crippen LogP contribution in [0.3, 0.4) is 0 Å². The largest absolute Gasteiger partial charge is 0.338 e. The summed E-state index contributed by atoms with van der Waals surface area (Å²) in [6.45, 7) is -0.147. The average Bonchev–Trinajstić information content (AvgIpc) is 2.89. The van der Waals surface area contributed by atoms with Gasteiger partial charge >= 0.3 is 0 Å². The van der Waals surface area contributed by atoms with E-state index in [1.165, 1.54) is 17.7 Å². The van der Waals surface area contributed by atoms with Crippen LogP contribution in [0.15, 0.2) is 22.8 Å². The highest BCUT2D eigenvalue weighted by Gasteiger charge is 2.30. The summed E-state index contributed by atoms with van der Waals surface area (Å²) in [5, 5.41) is 13.3. The van der Waals surface area contributed by atoms with Crippen molar-refractivity contribution in [1.29, 1.82) is 5.26 Å². The van der Waals surface area contributed by atoms with Gasteiger partial charge in [-0.25, -0.2) is 4.39 Å². The van der Waals surface area contributed by atoms with Crippen LogP contribution in [-0.2, 0) is 11.8 Å². The van der Waals surface area contributed by atoms with Crippen molar-refractivity contribution in [2.24, 2.45) is 7.05 Å². The van der Waals surface area contributed by atoms with Gasteiger partial charge in [-0.3, -0.25) is 14.4 Å². The molecule has 1 aromatic heterocycles. The molecule has 0 spiro atoms. The zero-order valence-corrected chi connectivity index (χ0v) is 16.6. The Kier molecular flexibility index (Phi) is 6.57. The molecule has 2 N–H and O–H groups in total. The number of aromatic nitrogens is 1. The first-order valence-electron chi connectivity index (χ1n) is 7.53. The quantitative estimate of drug-likeness (QED) is 0.402. The van der Waals surface area contributed by atoms with Crippen LogP contribution in [0.25, 0.3) is 0 Å². The molecule has 2 aromatic rings. The molecule has 0 saturated heterocycles. The van der Waals surface area contributed by atoms with Crippen molar-refractivity contribution in [1.82, 2.24) is 9.88 Å². The van der Waals surface area contributed by atoms with Gasteiger partial charge in [0.25, 0.3) is 17.6 Å². The molecule has 0 radical (unpaired) electrons. The second-order valence-electron chi connectivity index (χ2n) is 5.36. The van der Waals surface area contributed by atoms with Crippen molar-refractivity contribution in [3.63, 3.8) is 0 Å². The third kappa shape index (κ3) is 4.06. The lowest BCUT2D eigenvalue weighted by atomic mass is 10.2. The number of carbonyl (C=O) groups excluding carboxylic acids is 3. The third-order valence-electron chi connectivity index (χ3n) is 3.61. The van der Waals surface area contributed by atoms with Gasteiger partial charge in [0.05, 0.1) is 27.3 Å². The molecule has 0 bridgehead atoms. The first kappa shape index (κ1) is 21.2. The SMILES string of the molecule is C#CCNC(=O)C(=O)c1c(Cl)c(C(=O)Nc2ccc(F)c(C#N)c2)n(C)c1Br. The van der Waals surface area contributed by atoms with Crippen LogP contribution in [0.5, 0.6) is 0 Å². The number of hydrogen-bond donors (Lipinski definition) is 2. The summed E-state index contributed by atoms with van der Waals surface area (Å²) in [4.78, 5) is 36.8. The molecule has 10 heteroatoms. The molecule has 2 amide bonds. The fourth-order valence-corrected chi connectivity index (χ4v) is 3.33. The predicted octanol–water partition coefficient (Wildman–Crippen LogP) is 2.64. The smallest absolute Gasteiger partial charge is 0.293 e. The molecular weight excluding hydrogens is 455 g/mol. The molecule has 1 heterocycles. The summed E-state index contributed by atoms with van der Waals surface area (Å²) >= 11 is 9.33. The van der Waals surface area contributed by atoms with Crippen LogP contribution in [0.1, 0.15) is 26.4 Å². The summed E-state index contributed by atoms with van der Waals surface area (Å²) in [5.41, 5.74) is -0.431. The van der Waals surface area contributed by atoms with Gasteiger partial charge in [0, 0.05) is 12.7 Å². The maximum absolute atomic E-state index is 13.4. The van der Waals surface area contributed by atoms with E-state index in [0.29, 0.717) is 0 Å². The summed E-state index contributed by atoms with van der Waals surface area (Å²) in [6, 6.07) is 5.10. The van der Waals surface area contributed by atoms with E-state index in [-0.39, 0.29) is 38.7 Å². The number of terminal acetylenes is 1. The van der Waals surface area contributed by atoms with Gasteiger partial charge in [0.2, 0.25) is 0 Å². The number of halogens is 3. The van der Waals surface area contributed by atoms with Crippen molar-refractivity contribution < 1.29 is 18.8 Å². The third-order valence-corrected chi connectivity index (χ3v) is 4.90. The number of ketones is 1. The van der Waals surface area contributed by atoms with Crippen molar-refractivity contribution >= 4 is 50.8 Å². The van der Waals surface area contributed by atoms with Crippen LogP contribution in [0, 0.1) is 29.5 Å². The molecule has 7 nitrogen and oxygen atoms in total. The van der Waals surface area contributed by atoms with E-state index in [1.807, 2.05) is 0 Å². The maximum Gasteiger partial charge on any atom is 0.293 e. The molecule has 0 atom stereocenters. The lowest BCUT2D eigenvalue weighted by Gasteiger charge is -2.08. The van der Waals surface area contributed by atoms with Gasteiger partial charge in [-0.1, -0.05) is 17.5 Å².